The molecule has 1 aromatic rings. The Hall–Kier alpha value is -1.46. The van der Waals surface area contributed by atoms with E-state index in [1.165, 1.54) is 12.1 Å². The van der Waals surface area contributed by atoms with Gasteiger partial charge in [-0.25, -0.2) is 4.39 Å². The summed E-state index contributed by atoms with van der Waals surface area (Å²) in [6.45, 7) is 2.39. The molecule has 5 heteroatoms. The largest absolute Gasteiger partial charge is 0.351 e. The maximum atomic E-state index is 12.7. The van der Waals surface area contributed by atoms with Crippen LogP contribution >= 0.6 is 0 Å². The predicted molar refractivity (Wildman–Crippen MR) is 69.7 cm³/mol. The van der Waals surface area contributed by atoms with Crippen LogP contribution in [0, 0.1) is 5.82 Å². The summed E-state index contributed by atoms with van der Waals surface area (Å²) in [5.74, 6) is -0.325. The van der Waals surface area contributed by atoms with Crippen molar-refractivity contribution < 1.29 is 9.18 Å². The molecule has 0 aliphatic carbocycles. The number of benzene rings is 1. The molecular weight excluding hydrogens is 233 g/mol. The van der Waals surface area contributed by atoms with Crippen LogP contribution in [0.3, 0.4) is 0 Å². The maximum Gasteiger partial charge on any atom is 0.234 e. The molecule has 1 aromatic carbocycles. The van der Waals surface area contributed by atoms with E-state index in [0.717, 1.165) is 18.7 Å². The highest BCUT2D eigenvalue weighted by Crippen LogP contribution is 2.01. The van der Waals surface area contributed by atoms with Crippen molar-refractivity contribution in [3.8, 4) is 0 Å². The van der Waals surface area contributed by atoms with Gasteiger partial charge in [0.15, 0.2) is 0 Å². The Kier molecular flexibility index (Phi) is 6.32. The Morgan fingerprint density at radius 3 is 2.56 bits per heavy atom. The molecule has 100 valence electrons. The molecule has 1 amide bonds. The van der Waals surface area contributed by atoms with E-state index in [-0.39, 0.29) is 11.7 Å². The molecule has 0 bridgehead atoms. The zero-order chi connectivity index (χ0) is 13.4. The number of hydrogen-bond acceptors (Lipinski definition) is 3. The molecule has 0 unspecified atom stereocenters. The fraction of sp³-hybridized carbons (Fsp3) is 0.462. The van der Waals surface area contributed by atoms with Crippen molar-refractivity contribution in [1.29, 1.82) is 0 Å². The van der Waals surface area contributed by atoms with Crippen molar-refractivity contribution >= 4 is 5.91 Å². The topological polar surface area (TPSA) is 44.4 Å². The number of amides is 1. The number of nitrogens with one attached hydrogen (secondary N) is 2. The van der Waals surface area contributed by atoms with Crippen molar-refractivity contribution in [2.24, 2.45) is 0 Å². The Balaban J connectivity index is 2.15. The summed E-state index contributed by atoms with van der Waals surface area (Å²) < 4.78 is 12.7. The lowest BCUT2D eigenvalue weighted by molar-refractivity contribution is -0.120. The van der Waals surface area contributed by atoms with Gasteiger partial charge in [0, 0.05) is 19.6 Å². The molecule has 1 rings (SSSR count). The van der Waals surface area contributed by atoms with Crippen LogP contribution in [0.15, 0.2) is 24.3 Å². The van der Waals surface area contributed by atoms with Crippen molar-refractivity contribution in [3.05, 3.63) is 35.6 Å². The first-order valence-corrected chi connectivity index (χ1v) is 5.94. The van der Waals surface area contributed by atoms with Gasteiger partial charge < -0.3 is 15.5 Å². The molecule has 0 saturated heterocycles. The highest BCUT2D eigenvalue weighted by molar-refractivity contribution is 5.77. The second-order valence-electron chi connectivity index (χ2n) is 4.38. The van der Waals surface area contributed by atoms with E-state index < -0.39 is 0 Å². The Bertz CT molecular complexity index is 365. The first-order chi connectivity index (χ1) is 8.58. The predicted octanol–water partition coefficient (Wildman–Crippen LogP) is 0.593. The summed E-state index contributed by atoms with van der Waals surface area (Å²) in [5.41, 5.74) is 0.887. The van der Waals surface area contributed by atoms with Gasteiger partial charge in [-0.3, -0.25) is 4.79 Å². The van der Waals surface area contributed by atoms with E-state index in [1.54, 1.807) is 12.1 Å². The van der Waals surface area contributed by atoms with Gasteiger partial charge in [0.05, 0.1) is 6.54 Å². The Morgan fingerprint density at radius 2 is 1.94 bits per heavy atom. The quantitative estimate of drug-likeness (QED) is 0.699. The fourth-order valence-electron chi connectivity index (χ4n) is 1.37. The molecule has 0 saturated carbocycles. The second-order valence-corrected chi connectivity index (χ2v) is 4.38. The Morgan fingerprint density at radius 1 is 1.28 bits per heavy atom. The van der Waals surface area contributed by atoms with Crippen molar-refractivity contribution in [3.63, 3.8) is 0 Å². The molecule has 0 aliphatic rings. The van der Waals surface area contributed by atoms with Gasteiger partial charge in [0.25, 0.3) is 0 Å². The van der Waals surface area contributed by atoms with Crippen LogP contribution in [0.2, 0.25) is 0 Å². The fourth-order valence-corrected chi connectivity index (χ4v) is 1.37. The van der Waals surface area contributed by atoms with E-state index >= 15 is 0 Å². The minimum atomic E-state index is -0.268. The van der Waals surface area contributed by atoms with Crippen molar-refractivity contribution in [2.75, 3.05) is 33.7 Å². The average Bonchev–Trinajstić information content (AvgIpc) is 2.34. The summed E-state index contributed by atoms with van der Waals surface area (Å²) in [6, 6.07) is 6.10. The van der Waals surface area contributed by atoms with Crippen LogP contribution in [0.4, 0.5) is 4.39 Å². The summed E-state index contributed by atoms with van der Waals surface area (Å²) >= 11 is 0. The lowest BCUT2D eigenvalue weighted by Crippen LogP contribution is -2.36. The zero-order valence-corrected chi connectivity index (χ0v) is 10.9. The van der Waals surface area contributed by atoms with Gasteiger partial charge in [-0.2, -0.15) is 0 Å². The van der Waals surface area contributed by atoms with Crippen LogP contribution in [0.5, 0.6) is 0 Å². The molecule has 0 heterocycles. The number of nitrogens with zero attached hydrogens (tertiary/aromatic N) is 1. The third-order valence-corrected chi connectivity index (χ3v) is 2.42. The molecule has 0 aliphatic heterocycles. The van der Waals surface area contributed by atoms with Crippen LogP contribution in [-0.4, -0.2) is 44.5 Å². The minimum Gasteiger partial charge on any atom is -0.351 e. The molecule has 4 nitrogen and oxygen atoms in total. The lowest BCUT2D eigenvalue weighted by Gasteiger charge is -2.10. The minimum absolute atomic E-state index is 0.0573. The van der Waals surface area contributed by atoms with Gasteiger partial charge in [-0.15, -0.1) is 0 Å². The molecule has 0 radical (unpaired) electrons. The smallest absolute Gasteiger partial charge is 0.234 e. The monoisotopic (exact) mass is 253 g/mol. The molecule has 0 aromatic heterocycles. The van der Waals surface area contributed by atoms with Gasteiger partial charge in [-0.1, -0.05) is 12.1 Å². The standard InChI is InChI=1S/C13H20FN3O/c1-17(2)8-7-15-10-13(18)16-9-11-3-5-12(14)6-4-11/h3-6,15H,7-10H2,1-2H3,(H,16,18). The van der Waals surface area contributed by atoms with E-state index in [1.807, 2.05) is 19.0 Å². The lowest BCUT2D eigenvalue weighted by atomic mass is 10.2. The molecular formula is C13H20FN3O. The number of likely N-dealkylation sites (N-methyl/N-ethyl adjacent to an activating group) is 1. The van der Waals surface area contributed by atoms with E-state index in [2.05, 4.69) is 10.6 Å². The first kappa shape index (κ1) is 14.6. The number of halogens is 1. The van der Waals surface area contributed by atoms with Gasteiger partial charge in [-0.05, 0) is 31.8 Å². The molecule has 2 N–H and O–H groups in total. The van der Waals surface area contributed by atoms with Crippen LogP contribution < -0.4 is 10.6 Å². The Labute approximate surface area is 107 Å². The summed E-state index contributed by atoms with van der Waals surface area (Å²) in [6.07, 6.45) is 0. The van der Waals surface area contributed by atoms with E-state index in [0.29, 0.717) is 13.1 Å². The second kappa shape index (κ2) is 7.79. The summed E-state index contributed by atoms with van der Waals surface area (Å²) in [4.78, 5) is 13.5. The normalized spacial score (nSPS) is 10.7. The number of rotatable bonds is 7. The maximum absolute atomic E-state index is 12.7. The van der Waals surface area contributed by atoms with E-state index in [9.17, 15) is 9.18 Å². The molecule has 0 fully saturated rings. The third-order valence-electron chi connectivity index (χ3n) is 2.42. The van der Waals surface area contributed by atoms with Crippen molar-refractivity contribution in [2.45, 2.75) is 6.54 Å². The number of hydrogen-bond donors (Lipinski definition) is 2. The SMILES string of the molecule is CN(C)CCNCC(=O)NCc1ccc(F)cc1. The number of carbonyl (C=O) groups is 1. The van der Waals surface area contributed by atoms with Crippen LogP contribution in [0.25, 0.3) is 0 Å². The average molecular weight is 253 g/mol. The van der Waals surface area contributed by atoms with Gasteiger partial charge in [0.2, 0.25) is 5.91 Å². The summed E-state index contributed by atoms with van der Waals surface area (Å²) in [7, 11) is 3.96. The summed E-state index contributed by atoms with van der Waals surface area (Å²) in [5, 5.41) is 5.82. The first-order valence-electron chi connectivity index (χ1n) is 5.94. The zero-order valence-electron chi connectivity index (χ0n) is 10.9. The van der Waals surface area contributed by atoms with Crippen LogP contribution in [0.1, 0.15) is 5.56 Å². The number of carbonyl (C=O) groups excluding carboxylic acids is 1. The van der Waals surface area contributed by atoms with Gasteiger partial charge >= 0.3 is 0 Å². The van der Waals surface area contributed by atoms with Gasteiger partial charge in [0.1, 0.15) is 5.82 Å². The van der Waals surface area contributed by atoms with E-state index in [4.69, 9.17) is 0 Å². The van der Waals surface area contributed by atoms with Crippen molar-refractivity contribution in [1.82, 2.24) is 15.5 Å². The highest BCUT2D eigenvalue weighted by Gasteiger charge is 2.01. The molecule has 0 atom stereocenters. The third kappa shape index (κ3) is 6.32. The highest BCUT2D eigenvalue weighted by atomic mass is 19.1. The molecule has 18 heavy (non-hydrogen) atoms. The molecule has 0 spiro atoms. The van der Waals surface area contributed by atoms with Crippen LogP contribution in [-0.2, 0) is 11.3 Å².